The Morgan fingerprint density at radius 1 is 1.43 bits per heavy atom. The third-order valence-corrected chi connectivity index (χ3v) is 2.98. The van der Waals surface area contributed by atoms with Crippen molar-refractivity contribution in [3.05, 3.63) is 29.3 Å². The summed E-state index contributed by atoms with van der Waals surface area (Å²) in [5, 5.41) is 0. The molecule has 0 spiro atoms. The molecule has 0 saturated carbocycles. The number of hydrogen-bond donors (Lipinski definition) is 1. The Balaban J connectivity index is 2.79. The second kappa shape index (κ2) is 5.94. The highest BCUT2D eigenvalue weighted by molar-refractivity contribution is 7.98. The van der Waals surface area contributed by atoms with E-state index in [-0.39, 0.29) is 0 Å². The average molecular weight is 211 g/mol. The molecule has 0 aliphatic rings. The number of nitrogens with two attached hydrogens (primary N) is 1. The molecule has 2 nitrogen and oxygen atoms in total. The van der Waals surface area contributed by atoms with E-state index in [0.29, 0.717) is 6.54 Å². The number of hydrogen-bond acceptors (Lipinski definition) is 3. The van der Waals surface area contributed by atoms with Crippen molar-refractivity contribution in [3.63, 3.8) is 0 Å². The standard InChI is InChI=1S/C11H17NOS/c1-3-14-8-9-4-5-11(13-2)10(6-9)7-12/h4-6H,3,7-8,12H2,1-2H3. The predicted molar refractivity (Wildman–Crippen MR) is 62.7 cm³/mol. The van der Waals surface area contributed by atoms with Gasteiger partial charge in [-0.2, -0.15) is 11.8 Å². The third-order valence-electron chi connectivity index (χ3n) is 2.04. The minimum Gasteiger partial charge on any atom is -0.496 e. The lowest BCUT2D eigenvalue weighted by Gasteiger charge is -2.08. The number of methoxy groups -OCH3 is 1. The van der Waals surface area contributed by atoms with Gasteiger partial charge in [0.2, 0.25) is 0 Å². The van der Waals surface area contributed by atoms with Crippen LogP contribution in [0.5, 0.6) is 5.75 Å². The van der Waals surface area contributed by atoms with Gasteiger partial charge in [-0.15, -0.1) is 0 Å². The minimum atomic E-state index is 0.536. The molecule has 0 bridgehead atoms. The number of thioether (sulfide) groups is 1. The van der Waals surface area contributed by atoms with Gasteiger partial charge in [-0.1, -0.05) is 13.0 Å². The zero-order valence-corrected chi connectivity index (χ0v) is 9.56. The van der Waals surface area contributed by atoms with E-state index in [4.69, 9.17) is 10.5 Å². The van der Waals surface area contributed by atoms with Gasteiger partial charge in [-0.3, -0.25) is 0 Å². The maximum Gasteiger partial charge on any atom is 0.123 e. The zero-order valence-electron chi connectivity index (χ0n) is 8.75. The molecule has 0 aliphatic heterocycles. The Labute approximate surface area is 89.8 Å². The van der Waals surface area contributed by atoms with Crippen LogP contribution in [-0.2, 0) is 12.3 Å². The first-order valence-corrected chi connectivity index (χ1v) is 5.90. The van der Waals surface area contributed by atoms with Crippen LogP contribution in [0, 0.1) is 0 Å². The van der Waals surface area contributed by atoms with Crippen LogP contribution in [0.25, 0.3) is 0 Å². The fraction of sp³-hybridized carbons (Fsp3) is 0.455. The van der Waals surface area contributed by atoms with E-state index in [1.54, 1.807) is 7.11 Å². The summed E-state index contributed by atoms with van der Waals surface area (Å²) in [6.07, 6.45) is 0. The lowest BCUT2D eigenvalue weighted by atomic mass is 10.1. The fourth-order valence-corrected chi connectivity index (χ4v) is 1.92. The summed E-state index contributed by atoms with van der Waals surface area (Å²) in [4.78, 5) is 0. The molecule has 0 atom stereocenters. The molecule has 3 heteroatoms. The molecule has 1 rings (SSSR count). The molecule has 0 radical (unpaired) electrons. The van der Waals surface area contributed by atoms with Crippen molar-refractivity contribution in [2.75, 3.05) is 12.9 Å². The van der Waals surface area contributed by atoms with Gasteiger partial charge < -0.3 is 10.5 Å². The molecule has 0 aliphatic carbocycles. The first kappa shape index (κ1) is 11.4. The van der Waals surface area contributed by atoms with Crippen molar-refractivity contribution in [1.29, 1.82) is 0 Å². The van der Waals surface area contributed by atoms with Crippen molar-refractivity contribution < 1.29 is 4.74 Å². The van der Waals surface area contributed by atoms with Crippen molar-refractivity contribution in [3.8, 4) is 5.75 Å². The monoisotopic (exact) mass is 211 g/mol. The second-order valence-corrected chi connectivity index (χ2v) is 4.26. The van der Waals surface area contributed by atoms with Gasteiger partial charge in [0.25, 0.3) is 0 Å². The molecule has 0 saturated heterocycles. The van der Waals surface area contributed by atoms with Crippen LogP contribution in [0.1, 0.15) is 18.1 Å². The minimum absolute atomic E-state index is 0.536. The summed E-state index contributed by atoms with van der Waals surface area (Å²) < 4.78 is 5.21. The van der Waals surface area contributed by atoms with Crippen molar-refractivity contribution >= 4 is 11.8 Å². The average Bonchev–Trinajstić information content (AvgIpc) is 2.25. The summed E-state index contributed by atoms with van der Waals surface area (Å²) in [7, 11) is 1.68. The van der Waals surface area contributed by atoms with Crippen molar-refractivity contribution in [2.45, 2.75) is 19.2 Å². The van der Waals surface area contributed by atoms with Crippen LogP contribution < -0.4 is 10.5 Å². The smallest absolute Gasteiger partial charge is 0.123 e. The molecule has 0 heterocycles. The summed E-state index contributed by atoms with van der Waals surface area (Å²) in [6, 6.07) is 6.22. The van der Waals surface area contributed by atoms with Crippen molar-refractivity contribution in [2.24, 2.45) is 5.73 Å². The number of rotatable bonds is 5. The van der Waals surface area contributed by atoms with Crippen molar-refractivity contribution in [1.82, 2.24) is 0 Å². The maximum atomic E-state index is 5.64. The molecular formula is C11H17NOS. The molecule has 1 aromatic rings. The van der Waals surface area contributed by atoms with E-state index in [0.717, 1.165) is 22.8 Å². The zero-order chi connectivity index (χ0) is 10.4. The van der Waals surface area contributed by atoms with Gasteiger partial charge in [-0.25, -0.2) is 0 Å². The molecule has 2 N–H and O–H groups in total. The second-order valence-electron chi connectivity index (χ2n) is 2.99. The van der Waals surface area contributed by atoms with Gasteiger partial charge in [0.05, 0.1) is 7.11 Å². The molecule has 1 aromatic carbocycles. The number of ether oxygens (including phenoxy) is 1. The maximum absolute atomic E-state index is 5.64. The summed E-state index contributed by atoms with van der Waals surface area (Å²) in [5.41, 5.74) is 8.04. The van der Waals surface area contributed by atoms with Crippen LogP contribution in [0.15, 0.2) is 18.2 Å². The van der Waals surface area contributed by atoms with E-state index < -0.39 is 0 Å². The predicted octanol–water partition coefficient (Wildman–Crippen LogP) is 2.41. The Bertz CT molecular complexity index is 289. The van der Waals surface area contributed by atoms with E-state index in [9.17, 15) is 0 Å². The third kappa shape index (κ3) is 2.93. The Hall–Kier alpha value is -0.670. The van der Waals surface area contributed by atoms with Gasteiger partial charge in [-0.05, 0) is 23.4 Å². The van der Waals surface area contributed by atoms with E-state index in [2.05, 4.69) is 19.1 Å². The largest absolute Gasteiger partial charge is 0.496 e. The lowest BCUT2D eigenvalue weighted by Crippen LogP contribution is -2.00. The molecule has 0 aromatic heterocycles. The molecule has 14 heavy (non-hydrogen) atoms. The number of benzene rings is 1. The summed E-state index contributed by atoms with van der Waals surface area (Å²) in [5.74, 6) is 3.08. The fourth-order valence-electron chi connectivity index (χ4n) is 1.30. The highest BCUT2D eigenvalue weighted by atomic mass is 32.2. The SMILES string of the molecule is CCSCc1ccc(OC)c(CN)c1. The van der Waals surface area contributed by atoms with Crippen LogP contribution >= 0.6 is 11.8 Å². The topological polar surface area (TPSA) is 35.2 Å². The first-order valence-electron chi connectivity index (χ1n) is 4.75. The Morgan fingerprint density at radius 3 is 2.79 bits per heavy atom. The van der Waals surface area contributed by atoms with Gasteiger partial charge in [0.15, 0.2) is 0 Å². The molecule has 78 valence electrons. The molecule has 0 amide bonds. The summed E-state index contributed by atoms with van der Waals surface area (Å²) >= 11 is 1.91. The molecular weight excluding hydrogens is 194 g/mol. The van der Waals surface area contributed by atoms with Crippen LogP contribution in [0.2, 0.25) is 0 Å². The van der Waals surface area contributed by atoms with E-state index >= 15 is 0 Å². The van der Waals surface area contributed by atoms with E-state index in [1.807, 2.05) is 17.8 Å². The van der Waals surface area contributed by atoms with Gasteiger partial charge in [0, 0.05) is 17.9 Å². The summed E-state index contributed by atoms with van der Waals surface area (Å²) in [6.45, 7) is 2.70. The van der Waals surface area contributed by atoms with E-state index in [1.165, 1.54) is 5.56 Å². The van der Waals surface area contributed by atoms with Crippen LogP contribution in [0.3, 0.4) is 0 Å². The molecule has 0 fully saturated rings. The molecule has 0 unspecified atom stereocenters. The highest BCUT2D eigenvalue weighted by Gasteiger charge is 2.02. The van der Waals surface area contributed by atoms with Gasteiger partial charge in [0.1, 0.15) is 5.75 Å². The lowest BCUT2D eigenvalue weighted by molar-refractivity contribution is 0.409. The van der Waals surface area contributed by atoms with Crippen LogP contribution in [0.4, 0.5) is 0 Å². The highest BCUT2D eigenvalue weighted by Crippen LogP contribution is 2.21. The normalized spacial score (nSPS) is 10.2. The Morgan fingerprint density at radius 2 is 2.21 bits per heavy atom. The Kier molecular flexibility index (Phi) is 4.84. The van der Waals surface area contributed by atoms with Gasteiger partial charge >= 0.3 is 0 Å². The quantitative estimate of drug-likeness (QED) is 0.812. The van der Waals surface area contributed by atoms with Crippen LogP contribution in [-0.4, -0.2) is 12.9 Å². The first-order chi connectivity index (χ1) is 6.81.